The number of aliphatic hydroxyl groups is 1. The fourth-order valence-corrected chi connectivity index (χ4v) is 6.89. The van der Waals surface area contributed by atoms with Crippen LogP contribution in [-0.4, -0.2) is 96.5 Å². The van der Waals surface area contributed by atoms with Crippen molar-refractivity contribution in [3.63, 3.8) is 0 Å². The Kier molecular flexibility index (Phi) is 18.5. The van der Waals surface area contributed by atoms with Crippen LogP contribution in [0, 0.1) is 5.92 Å². The highest BCUT2D eigenvalue weighted by molar-refractivity contribution is 7.10. The summed E-state index contributed by atoms with van der Waals surface area (Å²) < 4.78 is 81.8. The van der Waals surface area contributed by atoms with E-state index in [0.717, 1.165) is 17.1 Å². The zero-order chi connectivity index (χ0) is 39.8. The lowest BCUT2D eigenvalue weighted by molar-refractivity contribution is -0.144. The number of carbonyl (C=O) groups is 2. The lowest BCUT2D eigenvalue weighted by Gasteiger charge is -2.44. The Bertz CT molecular complexity index is 1490. The number of allylic oxidation sites excluding steroid dienone is 2. The Labute approximate surface area is 311 Å². The van der Waals surface area contributed by atoms with Crippen molar-refractivity contribution < 1.29 is 50.9 Å². The van der Waals surface area contributed by atoms with Gasteiger partial charge in [0.05, 0.1) is 23.8 Å². The van der Waals surface area contributed by atoms with Crippen LogP contribution in [0.15, 0.2) is 59.1 Å². The molecule has 2 fully saturated rings. The summed E-state index contributed by atoms with van der Waals surface area (Å²) >= 11 is 0.481. The first-order valence-corrected chi connectivity index (χ1v) is 18.9. The summed E-state index contributed by atoms with van der Waals surface area (Å²) in [5, 5.41) is 21.4. The molecule has 5 rings (SSSR count). The highest BCUT2D eigenvalue weighted by Gasteiger charge is 2.44. The molecule has 4 heterocycles. The maximum absolute atomic E-state index is 13.8. The summed E-state index contributed by atoms with van der Waals surface area (Å²) in [6.45, 7) is 12.4. The third-order valence-electron chi connectivity index (χ3n) is 8.49. The van der Waals surface area contributed by atoms with Crippen LogP contribution < -0.4 is 15.0 Å². The Morgan fingerprint density at radius 2 is 1.64 bits per heavy atom. The van der Waals surface area contributed by atoms with Crippen LogP contribution in [0.3, 0.4) is 0 Å². The number of piperidine rings is 1. The summed E-state index contributed by atoms with van der Waals surface area (Å²) in [7, 11) is 0. The second-order valence-electron chi connectivity index (χ2n) is 11.7. The normalized spacial score (nSPS) is 18.8. The average Bonchev–Trinajstić information content (AvgIpc) is 3.62. The van der Waals surface area contributed by atoms with Crippen molar-refractivity contribution in [1.82, 2.24) is 15.1 Å². The molecule has 16 heteroatoms. The van der Waals surface area contributed by atoms with E-state index in [0.29, 0.717) is 81.6 Å². The number of aromatic hydroxyl groups is 1. The molecule has 2 saturated heterocycles. The van der Waals surface area contributed by atoms with Gasteiger partial charge in [0, 0.05) is 62.3 Å². The van der Waals surface area contributed by atoms with Gasteiger partial charge >= 0.3 is 12.4 Å². The van der Waals surface area contributed by atoms with Gasteiger partial charge < -0.3 is 35.0 Å². The Morgan fingerprint density at radius 3 is 2.19 bits per heavy atom. The average molecular weight is 779 g/mol. The number of dihydropyridines is 1. The van der Waals surface area contributed by atoms with E-state index < -0.39 is 40.7 Å². The molecule has 3 N–H and O–H groups in total. The number of nitrogens with zero attached hydrogens (tertiary/aromatic N) is 3. The third-order valence-corrected chi connectivity index (χ3v) is 9.45. The van der Waals surface area contributed by atoms with Gasteiger partial charge in [-0.15, -0.1) is 11.3 Å². The third kappa shape index (κ3) is 12.6. The molecule has 9 nitrogen and oxygen atoms in total. The maximum atomic E-state index is 13.8. The molecule has 0 radical (unpaired) electrons. The maximum Gasteiger partial charge on any atom is 0.425 e. The van der Waals surface area contributed by atoms with Gasteiger partial charge in [-0.3, -0.25) is 9.59 Å². The molecule has 3 aliphatic heterocycles. The number of rotatable bonds is 8. The van der Waals surface area contributed by atoms with E-state index in [1.54, 1.807) is 0 Å². The number of likely N-dealkylation sites (tertiary alicyclic amines) is 1. The van der Waals surface area contributed by atoms with Crippen LogP contribution in [0.25, 0.3) is 0 Å². The molecule has 1 aromatic carbocycles. The largest absolute Gasteiger partial charge is 0.507 e. The molecule has 2 unspecified atom stereocenters. The summed E-state index contributed by atoms with van der Waals surface area (Å²) in [5.41, 5.74) is -0.315. The second-order valence-corrected chi connectivity index (χ2v) is 12.6. The van der Waals surface area contributed by atoms with E-state index in [1.165, 1.54) is 11.1 Å². The number of carbonyl (C=O) groups excluding carboxylic acids is 2. The number of hydrogen-bond donors (Lipinski definition) is 3. The highest BCUT2D eigenvalue weighted by atomic mass is 32.1. The minimum atomic E-state index is -4.63. The molecule has 1 aromatic heterocycles. The molecule has 0 bridgehead atoms. The lowest BCUT2D eigenvalue weighted by Crippen LogP contribution is -2.57. The highest BCUT2D eigenvalue weighted by Crippen LogP contribution is 2.37. The van der Waals surface area contributed by atoms with Crippen molar-refractivity contribution >= 4 is 28.8 Å². The van der Waals surface area contributed by atoms with Gasteiger partial charge in [-0.1, -0.05) is 53.2 Å². The van der Waals surface area contributed by atoms with E-state index in [-0.39, 0.29) is 37.0 Å². The number of ether oxygens (including phenoxy) is 1. The standard InChI is InChI=1S/C28H37F3N4O4.C5H3F3OS.2C2H6/c1-2-6-23-20(7-5-12-35(23)27(38)21-19-32-11-10-22(21)28(29,30)31)26(37)34-15-13-33(14-16-34)24-8-3-4-9-25(24)39-18-17-36;6-5(7,8)4-1-3(9)2-10-4;2*1-2/h3-4,8-11,20,23,32,36H,2,5-7,12-19H2,1H3;1-2,9H;2*1-2H3. The van der Waals surface area contributed by atoms with E-state index in [4.69, 9.17) is 14.9 Å². The summed E-state index contributed by atoms with van der Waals surface area (Å²) in [6, 6.07) is 7.84. The molecular formula is C37H52F6N4O5S. The van der Waals surface area contributed by atoms with Gasteiger partial charge in [0.25, 0.3) is 5.91 Å². The molecule has 2 amide bonds. The van der Waals surface area contributed by atoms with Crippen molar-refractivity contribution in [3.8, 4) is 11.5 Å². The van der Waals surface area contributed by atoms with Crippen molar-refractivity contribution in [1.29, 1.82) is 0 Å². The molecular weight excluding hydrogens is 726 g/mol. The summed E-state index contributed by atoms with van der Waals surface area (Å²) in [4.78, 5) is 31.9. The minimum Gasteiger partial charge on any atom is -0.507 e. The summed E-state index contributed by atoms with van der Waals surface area (Å²) in [5.74, 6) is -0.786. The number of amides is 2. The first-order valence-electron chi connectivity index (χ1n) is 18.0. The smallest absolute Gasteiger partial charge is 0.425 e. The number of piperazine rings is 1. The van der Waals surface area contributed by atoms with Gasteiger partial charge in [0.2, 0.25) is 5.91 Å². The van der Waals surface area contributed by atoms with Crippen molar-refractivity contribution in [2.45, 2.75) is 78.7 Å². The Balaban J connectivity index is 0.000000589. The Hall–Kier alpha value is -3.92. The SMILES string of the molecule is CC.CC.CCCC1C(C(=O)N2CCN(c3ccccc3OCCO)CC2)CCCN1C(=O)C1=C(C(F)(F)F)C=CNC1.Oc1csc(C(F)(F)F)c1. The minimum absolute atomic E-state index is 0.0397. The van der Waals surface area contributed by atoms with Gasteiger partial charge in [-0.05, 0) is 43.7 Å². The zero-order valence-corrected chi connectivity index (χ0v) is 31.7. The molecule has 2 atom stereocenters. The topological polar surface area (TPSA) is 106 Å². The van der Waals surface area contributed by atoms with Crippen LogP contribution in [0.5, 0.6) is 11.5 Å². The Morgan fingerprint density at radius 1 is 0.981 bits per heavy atom. The van der Waals surface area contributed by atoms with Crippen molar-refractivity contribution in [3.05, 3.63) is 64.0 Å². The van der Waals surface area contributed by atoms with Crippen molar-refractivity contribution in [2.24, 2.45) is 5.92 Å². The monoisotopic (exact) mass is 778 g/mol. The fourth-order valence-electron chi connectivity index (χ4n) is 6.25. The van der Waals surface area contributed by atoms with Crippen LogP contribution in [0.4, 0.5) is 32.0 Å². The molecule has 53 heavy (non-hydrogen) atoms. The number of benzene rings is 1. The number of aliphatic hydroxyl groups excluding tert-OH is 1. The number of thiophene rings is 1. The van der Waals surface area contributed by atoms with E-state index in [2.05, 4.69) is 10.2 Å². The first-order chi connectivity index (χ1) is 25.3. The number of halogens is 6. The molecule has 0 spiro atoms. The van der Waals surface area contributed by atoms with Crippen LogP contribution in [0.1, 0.15) is 65.2 Å². The number of hydrogen-bond acceptors (Lipinski definition) is 8. The van der Waals surface area contributed by atoms with Crippen LogP contribution >= 0.6 is 11.3 Å². The van der Waals surface area contributed by atoms with Crippen LogP contribution in [0.2, 0.25) is 0 Å². The molecule has 0 aliphatic carbocycles. The van der Waals surface area contributed by atoms with Gasteiger partial charge in [0.1, 0.15) is 23.0 Å². The number of nitrogens with one attached hydrogen (secondary N) is 1. The number of para-hydroxylation sites is 2. The number of alkyl halides is 6. The molecule has 2 aromatic rings. The van der Waals surface area contributed by atoms with Crippen LogP contribution in [-0.2, 0) is 15.8 Å². The second kappa shape index (κ2) is 21.7. The predicted molar refractivity (Wildman–Crippen MR) is 195 cm³/mol. The van der Waals surface area contributed by atoms with Gasteiger partial charge in [0.15, 0.2) is 0 Å². The predicted octanol–water partition coefficient (Wildman–Crippen LogP) is 7.61. The first kappa shape index (κ1) is 45.2. The van der Waals surface area contributed by atoms with Gasteiger partial charge in [-0.25, -0.2) is 0 Å². The molecule has 3 aliphatic rings. The zero-order valence-electron chi connectivity index (χ0n) is 30.9. The molecule has 298 valence electrons. The lowest BCUT2D eigenvalue weighted by atomic mass is 9.84. The van der Waals surface area contributed by atoms with E-state index >= 15 is 0 Å². The van der Waals surface area contributed by atoms with Crippen molar-refractivity contribution in [2.75, 3.05) is 57.4 Å². The van der Waals surface area contributed by atoms with Gasteiger partial charge in [-0.2, -0.15) is 26.3 Å². The molecule has 0 saturated carbocycles. The quantitative estimate of drug-likeness (QED) is 0.237. The summed E-state index contributed by atoms with van der Waals surface area (Å²) in [6.07, 6.45) is -4.41. The number of anilines is 1. The fraction of sp³-hybridized carbons (Fsp3) is 0.568. The van der Waals surface area contributed by atoms with E-state index in [9.17, 15) is 35.9 Å². The van der Waals surface area contributed by atoms with E-state index in [1.807, 2.05) is 63.8 Å².